The van der Waals surface area contributed by atoms with Gasteiger partial charge in [0.15, 0.2) is 10.9 Å². The van der Waals surface area contributed by atoms with Gasteiger partial charge in [0.05, 0.1) is 0 Å². The van der Waals surface area contributed by atoms with Crippen molar-refractivity contribution in [3.05, 3.63) is 40.8 Å². The fraction of sp³-hybridized carbons (Fsp3) is 0.429. The van der Waals surface area contributed by atoms with Crippen molar-refractivity contribution in [1.29, 1.82) is 0 Å². The normalized spacial score (nSPS) is 19.4. The fourth-order valence-electron chi connectivity index (χ4n) is 3.55. The number of aliphatic imine (C=N–C) groups is 2. The molecule has 0 bridgehead atoms. The molecule has 2 aliphatic heterocycles. The molecule has 2 N–H and O–H groups in total. The quantitative estimate of drug-likeness (QED) is 0.523. The molecular weight excluding hydrogens is 400 g/mol. The number of aromatic nitrogens is 1. The van der Waals surface area contributed by atoms with Crippen LogP contribution >= 0.6 is 11.3 Å². The molecule has 1 amide bonds. The zero-order chi connectivity index (χ0) is 20.9. The molecule has 2 aromatic rings. The number of rotatable bonds is 7. The van der Waals surface area contributed by atoms with E-state index in [-0.39, 0.29) is 18.1 Å². The van der Waals surface area contributed by atoms with E-state index < -0.39 is 0 Å². The van der Waals surface area contributed by atoms with Crippen LogP contribution in [0.15, 0.2) is 40.3 Å². The first kappa shape index (κ1) is 20.5. The maximum absolute atomic E-state index is 12.9. The Labute approximate surface area is 180 Å². The average molecular weight is 427 g/mol. The largest absolute Gasteiger partial charge is 0.471 e. The molecule has 1 atom stereocenters. The summed E-state index contributed by atoms with van der Waals surface area (Å²) >= 11 is 1.45. The zero-order valence-electron chi connectivity index (χ0n) is 17.0. The number of hydrogen-bond acceptors (Lipinski definition) is 8. The summed E-state index contributed by atoms with van der Waals surface area (Å²) in [6.45, 7) is 6.55. The van der Waals surface area contributed by atoms with Crippen LogP contribution in [0.2, 0.25) is 0 Å². The lowest BCUT2D eigenvalue weighted by Gasteiger charge is -2.27. The Morgan fingerprint density at radius 2 is 2.20 bits per heavy atom. The standard InChI is InChI=1S/C21H26N6O2S/c1-22-18-17(20(23-2)29-15-12-24-13-15)30-21(26-18)27-10-6-9-16(27)19(28)25-11-14-7-4-3-5-8-14/h3-5,7-8,15-16,24H,1,6,9-13H2,2H3,(H,25,28)/t16-/m1/s1. The first-order chi connectivity index (χ1) is 14.7. The van der Waals surface area contributed by atoms with Crippen molar-refractivity contribution in [3.63, 3.8) is 0 Å². The van der Waals surface area contributed by atoms with E-state index in [1.54, 1.807) is 7.05 Å². The molecule has 2 saturated heterocycles. The van der Waals surface area contributed by atoms with Gasteiger partial charge in [0, 0.05) is 33.2 Å². The summed E-state index contributed by atoms with van der Waals surface area (Å²) < 4.78 is 5.97. The molecule has 4 rings (SSSR count). The van der Waals surface area contributed by atoms with Crippen LogP contribution in [-0.4, -0.2) is 62.3 Å². The van der Waals surface area contributed by atoms with Gasteiger partial charge in [-0.25, -0.2) is 4.99 Å². The molecule has 1 aromatic heterocycles. The smallest absolute Gasteiger partial charge is 0.243 e. The SMILES string of the molecule is C=Nc1nc(N2CCC[C@@H]2C(=O)NCc2ccccc2)sc1C(=NC)OC1CNC1. The van der Waals surface area contributed by atoms with Gasteiger partial charge in [-0.1, -0.05) is 41.7 Å². The number of carbonyl (C=O) groups excluding carboxylic acids is 1. The minimum atomic E-state index is -0.246. The maximum Gasteiger partial charge on any atom is 0.243 e. The Morgan fingerprint density at radius 3 is 2.87 bits per heavy atom. The first-order valence-corrected chi connectivity index (χ1v) is 10.9. The Bertz CT molecular complexity index is 925. The predicted molar refractivity (Wildman–Crippen MR) is 120 cm³/mol. The van der Waals surface area contributed by atoms with E-state index >= 15 is 0 Å². The first-order valence-electron chi connectivity index (χ1n) is 10.1. The number of nitrogens with zero attached hydrogens (tertiary/aromatic N) is 4. The Hall–Kier alpha value is -2.78. The minimum Gasteiger partial charge on any atom is -0.471 e. The van der Waals surface area contributed by atoms with E-state index in [2.05, 4.69) is 37.2 Å². The van der Waals surface area contributed by atoms with Crippen LogP contribution in [0.3, 0.4) is 0 Å². The van der Waals surface area contributed by atoms with Crippen molar-refractivity contribution < 1.29 is 9.53 Å². The second-order valence-corrected chi connectivity index (χ2v) is 8.27. The molecule has 30 heavy (non-hydrogen) atoms. The van der Waals surface area contributed by atoms with Gasteiger partial charge in [-0.05, 0) is 25.1 Å². The molecular formula is C21H26N6O2S. The van der Waals surface area contributed by atoms with Crippen LogP contribution in [0.1, 0.15) is 23.3 Å². The number of anilines is 1. The van der Waals surface area contributed by atoms with Crippen LogP contribution in [-0.2, 0) is 16.1 Å². The van der Waals surface area contributed by atoms with Crippen molar-refractivity contribution >= 4 is 40.8 Å². The zero-order valence-corrected chi connectivity index (χ0v) is 17.8. The molecule has 158 valence electrons. The lowest BCUT2D eigenvalue weighted by atomic mass is 10.2. The van der Waals surface area contributed by atoms with Crippen molar-refractivity contribution in [2.45, 2.75) is 31.5 Å². The average Bonchev–Trinajstić information content (AvgIpc) is 3.39. The number of thiazole rings is 1. The van der Waals surface area contributed by atoms with Crippen molar-refractivity contribution in [2.24, 2.45) is 9.98 Å². The third-order valence-corrected chi connectivity index (χ3v) is 6.35. The molecule has 0 spiro atoms. The van der Waals surface area contributed by atoms with Gasteiger partial charge in [0.25, 0.3) is 0 Å². The van der Waals surface area contributed by atoms with Crippen LogP contribution in [0, 0.1) is 0 Å². The highest BCUT2D eigenvalue weighted by molar-refractivity contribution is 7.18. The van der Waals surface area contributed by atoms with E-state index in [1.165, 1.54) is 11.3 Å². The Morgan fingerprint density at radius 1 is 1.40 bits per heavy atom. The Balaban J connectivity index is 1.48. The minimum absolute atomic E-state index is 0.0161. The van der Waals surface area contributed by atoms with Gasteiger partial charge in [-0.15, -0.1) is 0 Å². The highest BCUT2D eigenvalue weighted by atomic mass is 32.1. The van der Waals surface area contributed by atoms with Gasteiger partial charge in [-0.2, -0.15) is 4.98 Å². The number of nitrogens with one attached hydrogen (secondary N) is 2. The number of hydrogen-bond donors (Lipinski definition) is 2. The molecule has 8 nitrogen and oxygen atoms in total. The number of ether oxygens (including phenoxy) is 1. The van der Waals surface area contributed by atoms with E-state index in [0.29, 0.717) is 18.3 Å². The molecule has 0 unspecified atom stereocenters. The molecule has 1 aromatic carbocycles. The van der Waals surface area contributed by atoms with Crippen LogP contribution in [0.4, 0.5) is 10.9 Å². The summed E-state index contributed by atoms with van der Waals surface area (Å²) in [5, 5.41) is 6.99. The Kier molecular flexibility index (Phi) is 6.39. The second kappa shape index (κ2) is 9.36. The predicted octanol–water partition coefficient (Wildman–Crippen LogP) is 2.13. The number of carbonyl (C=O) groups is 1. The summed E-state index contributed by atoms with van der Waals surface area (Å²) in [6.07, 6.45) is 1.84. The topological polar surface area (TPSA) is 91.2 Å². The summed E-state index contributed by atoms with van der Waals surface area (Å²) in [5.74, 6) is 1.04. The summed E-state index contributed by atoms with van der Waals surface area (Å²) in [5.41, 5.74) is 1.08. The number of amides is 1. The molecule has 3 heterocycles. The molecule has 0 aliphatic carbocycles. The van der Waals surface area contributed by atoms with Crippen LogP contribution < -0.4 is 15.5 Å². The maximum atomic E-state index is 12.9. The van der Waals surface area contributed by atoms with Crippen LogP contribution in [0.25, 0.3) is 0 Å². The van der Waals surface area contributed by atoms with Crippen molar-refractivity contribution in [3.8, 4) is 0 Å². The lowest BCUT2D eigenvalue weighted by Crippen LogP contribution is -2.49. The summed E-state index contributed by atoms with van der Waals surface area (Å²) in [6, 6.07) is 9.67. The van der Waals surface area contributed by atoms with Gasteiger partial charge in [0.1, 0.15) is 17.0 Å². The third-order valence-electron chi connectivity index (χ3n) is 5.28. The van der Waals surface area contributed by atoms with Gasteiger partial charge in [-0.3, -0.25) is 9.79 Å². The van der Waals surface area contributed by atoms with Gasteiger partial charge >= 0.3 is 0 Å². The van der Waals surface area contributed by atoms with Gasteiger partial charge < -0.3 is 20.3 Å². The lowest BCUT2D eigenvalue weighted by molar-refractivity contribution is -0.122. The van der Waals surface area contributed by atoms with E-state index in [1.807, 2.05) is 30.3 Å². The van der Waals surface area contributed by atoms with Gasteiger partial charge in [0.2, 0.25) is 11.8 Å². The highest BCUT2D eigenvalue weighted by Crippen LogP contribution is 2.36. The molecule has 2 aliphatic rings. The number of benzene rings is 1. The summed E-state index contributed by atoms with van der Waals surface area (Å²) in [4.78, 5) is 28.7. The highest BCUT2D eigenvalue weighted by Gasteiger charge is 2.34. The van der Waals surface area contributed by atoms with Crippen molar-refractivity contribution in [2.75, 3.05) is 31.6 Å². The third kappa shape index (κ3) is 4.36. The van der Waals surface area contributed by atoms with Crippen LogP contribution in [0.5, 0.6) is 0 Å². The molecule has 0 radical (unpaired) electrons. The molecule has 0 saturated carbocycles. The summed E-state index contributed by atoms with van der Waals surface area (Å²) in [7, 11) is 1.70. The monoisotopic (exact) mass is 426 g/mol. The van der Waals surface area contributed by atoms with Crippen molar-refractivity contribution in [1.82, 2.24) is 15.6 Å². The van der Waals surface area contributed by atoms with E-state index in [9.17, 15) is 4.79 Å². The second-order valence-electron chi connectivity index (χ2n) is 7.29. The molecule has 9 heteroatoms. The fourth-order valence-corrected chi connectivity index (χ4v) is 4.63. The van der Waals surface area contributed by atoms with E-state index in [4.69, 9.17) is 4.74 Å². The van der Waals surface area contributed by atoms with E-state index in [0.717, 1.165) is 48.0 Å². The molecule has 2 fully saturated rings.